The first-order valence-electron chi connectivity index (χ1n) is 7.56. The van der Waals surface area contributed by atoms with Crippen LogP contribution in [0.15, 0.2) is 54.0 Å². The molecule has 24 heavy (non-hydrogen) atoms. The van der Waals surface area contributed by atoms with E-state index in [2.05, 4.69) is 15.3 Å². The van der Waals surface area contributed by atoms with Gasteiger partial charge in [-0.1, -0.05) is 12.2 Å². The SMILES string of the molecule is COc1cc2ncnc(NC3=CC=CCC(CO)=C3)c2cc1OC. The number of nitrogens with one attached hydrogen (secondary N) is 1. The van der Waals surface area contributed by atoms with E-state index < -0.39 is 0 Å². The van der Waals surface area contributed by atoms with Crippen molar-refractivity contribution in [1.82, 2.24) is 9.97 Å². The second-order valence-corrected chi connectivity index (χ2v) is 5.29. The summed E-state index contributed by atoms with van der Waals surface area (Å²) >= 11 is 0. The summed E-state index contributed by atoms with van der Waals surface area (Å²) < 4.78 is 10.7. The molecular formula is C18H19N3O3. The van der Waals surface area contributed by atoms with E-state index in [9.17, 15) is 5.11 Å². The van der Waals surface area contributed by atoms with E-state index in [4.69, 9.17) is 9.47 Å². The Morgan fingerprint density at radius 1 is 1.17 bits per heavy atom. The predicted octanol–water partition coefficient (Wildman–Crippen LogP) is 2.82. The molecule has 0 unspecified atom stereocenters. The number of allylic oxidation sites excluding steroid dienone is 4. The van der Waals surface area contributed by atoms with Crippen molar-refractivity contribution in [1.29, 1.82) is 0 Å². The summed E-state index contributed by atoms with van der Waals surface area (Å²) in [6.45, 7) is 0.0267. The maximum Gasteiger partial charge on any atom is 0.162 e. The molecule has 0 atom stereocenters. The van der Waals surface area contributed by atoms with E-state index >= 15 is 0 Å². The van der Waals surface area contributed by atoms with E-state index in [0.29, 0.717) is 17.3 Å². The third kappa shape index (κ3) is 3.23. The van der Waals surface area contributed by atoms with Crippen molar-refractivity contribution in [3.63, 3.8) is 0 Å². The minimum absolute atomic E-state index is 0.0267. The van der Waals surface area contributed by atoms with E-state index in [1.165, 1.54) is 6.33 Å². The highest BCUT2D eigenvalue weighted by molar-refractivity contribution is 5.92. The highest BCUT2D eigenvalue weighted by atomic mass is 16.5. The Bertz CT molecular complexity index is 841. The van der Waals surface area contributed by atoms with Gasteiger partial charge in [-0.2, -0.15) is 0 Å². The maximum absolute atomic E-state index is 9.38. The topological polar surface area (TPSA) is 76.5 Å². The average Bonchev–Trinajstić information content (AvgIpc) is 2.85. The van der Waals surface area contributed by atoms with Crippen LogP contribution in [-0.2, 0) is 0 Å². The lowest BCUT2D eigenvalue weighted by Gasteiger charge is -2.12. The molecule has 2 N–H and O–H groups in total. The number of rotatable bonds is 5. The van der Waals surface area contributed by atoms with Crippen LogP contribution in [0.3, 0.4) is 0 Å². The normalized spacial score (nSPS) is 14.0. The predicted molar refractivity (Wildman–Crippen MR) is 93.3 cm³/mol. The van der Waals surface area contributed by atoms with Crippen LogP contribution in [-0.4, -0.2) is 35.9 Å². The highest BCUT2D eigenvalue weighted by Gasteiger charge is 2.11. The molecule has 0 amide bonds. The lowest BCUT2D eigenvalue weighted by molar-refractivity contribution is 0.329. The average molecular weight is 325 g/mol. The van der Waals surface area contributed by atoms with Crippen LogP contribution < -0.4 is 14.8 Å². The Balaban J connectivity index is 2.03. The Kier molecular flexibility index (Phi) is 4.77. The summed E-state index contributed by atoms with van der Waals surface area (Å²) in [5, 5.41) is 13.5. The number of ether oxygens (including phenoxy) is 2. The molecule has 3 rings (SSSR count). The number of fused-ring (bicyclic) bond motifs is 1. The van der Waals surface area contributed by atoms with E-state index in [1.807, 2.05) is 36.4 Å². The van der Waals surface area contributed by atoms with Gasteiger partial charge in [0.15, 0.2) is 11.5 Å². The first-order valence-corrected chi connectivity index (χ1v) is 7.56. The van der Waals surface area contributed by atoms with Crippen LogP contribution in [0.1, 0.15) is 6.42 Å². The van der Waals surface area contributed by atoms with E-state index in [1.54, 1.807) is 14.2 Å². The van der Waals surface area contributed by atoms with Crippen molar-refractivity contribution in [2.75, 3.05) is 26.1 Å². The summed E-state index contributed by atoms with van der Waals surface area (Å²) in [7, 11) is 3.18. The molecule has 1 aromatic carbocycles. The highest BCUT2D eigenvalue weighted by Crippen LogP contribution is 2.34. The first kappa shape index (κ1) is 16.0. The minimum atomic E-state index is 0.0267. The second kappa shape index (κ2) is 7.14. The molecule has 1 aromatic heterocycles. The zero-order chi connectivity index (χ0) is 16.9. The summed E-state index contributed by atoms with van der Waals surface area (Å²) in [5.41, 5.74) is 2.53. The fourth-order valence-corrected chi connectivity index (χ4v) is 2.53. The van der Waals surface area contributed by atoms with Gasteiger partial charge in [0.1, 0.15) is 12.1 Å². The maximum atomic E-state index is 9.38. The number of hydrogen-bond acceptors (Lipinski definition) is 6. The van der Waals surface area contributed by atoms with Crippen molar-refractivity contribution in [2.24, 2.45) is 0 Å². The third-order valence-corrected chi connectivity index (χ3v) is 3.76. The van der Waals surface area contributed by atoms with Gasteiger partial charge >= 0.3 is 0 Å². The number of anilines is 1. The third-order valence-electron chi connectivity index (χ3n) is 3.76. The summed E-state index contributed by atoms with van der Waals surface area (Å²) in [4.78, 5) is 8.63. The lowest BCUT2D eigenvalue weighted by Crippen LogP contribution is -2.02. The molecular weight excluding hydrogens is 306 g/mol. The Morgan fingerprint density at radius 2 is 1.96 bits per heavy atom. The van der Waals surface area contributed by atoms with Crippen LogP contribution in [0.4, 0.5) is 5.82 Å². The molecule has 0 spiro atoms. The van der Waals surface area contributed by atoms with Gasteiger partial charge in [0, 0.05) is 17.1 Å². The molecule has 6 nitrogen and oxygen atoms in total. The quantitative estimate of drug-likeness (QED) is 0.880. The minimum Gasteiger partial charge on any atom is -0.493 e. The Labute approximate surface area is 140 Å². The summed E-state index contributed by atoms with van der Waals surface area (Å²) in [6.07, 6.45) is 10.1. The number of nitrogens with zero attached hydrogens (tertiary/aromatic N) is 2. The number of methoxy groups -OCH3 is 2. The molecule has 0 saturated carbocycles. The fourth-order valence-electron chi connectivity index (χ4n) is 2.53. The van der Waals surface area contributed by atoms with Crippen molar-refractivity contribution in [2.45, 2.75) is 6.42 Å². The van der Waals surface area contributed by atoms with Crippen molar-refractivity contribution < 1.29 is 14.6 Å². The number of aliphatic hydroxyl groups excluding tert-OH is 1. The number of aromatic nitrogens is 2. The van der Waals surface area contributed by atoms with Gasteiger partial charge in [0.25, 0.3) is 0 Å². The van der Waals surface area contributed by atoms with E-state index in [0.717, 1.165) is 28.6 Å². The molecule has 1 aliphatic carbocycles. The van der Waals surface area contributed by atoms with Crippen molar-refractivity contribution >= 4 is 16.7 Å². The summed E-state index contributed by atoms with van der Waals surface area (Å²) in [6, 6.07) is 3.66. The van der Waals surface area contributed by atoms with Crippen LogP contribution in [0, 0.1) is 0 Å². The van der Waals surface area contributed by atoms with Crippen LogP contribution in [0.2, 0.25) is 0 Å². The Morgan fingerprint density at radius 3 is 2.71 bits per heavy atom. The molecule has 0 fully saturated rings. The summed E-state index contributed by atoms with van der Waals surface area (Å²) in [5.74, 6) is 1.90. The molecule has 0 aliphatic heterocycles. The molecule has 0 radical (unpaired) electrons. The number of aliphatic hydroxyl groups is 1. The largest absolute Gasteiger partial charge is 0.493 e. The molecule has 124 valence electrons. The standard InChI is InChI=1S/C18H19N3O3/c1-23-16-8-14-15(9-17(16)24-2)19-11-20-18(14)21-13-6-4-3-5-12(7-13)10-22/h3-4,6-9,11,22H,5,10H2,1-2H3,(H,19,20,21). The van der Waals surface area contributed by atoms with Crippen LogP contribution in [0.25, 0.3) is 10.9 Å². The number of benzene rings is 1. The molecule has 1 aliphatic rings. The van der Waals surface area contributed by atoms with Gasteiger partial charge in [-0.3, -0.25) is 0 Å². The molecule has 2 aromatic rings. The molecule has 1 heterocycles. The van der Waals surface area contributed by atoms with Gasteiger partial charge in [0.05, 0.1) is 26.3 Å². The first-order chi connectivity index (χ1) is 11.7. The Hall–Kier alpha value is -2.86. The smallest absolute Gasteiger partial charge is 0.162 e. The zero-order valence-electron chi connectivity index (χ0n) is 13.6. The van der Waals surface area contributed by atoms with Crippen molar-refractivity contribution in [3.05, 3.63) is 54.0 Å². The van der Waals surface area contributed by atoms with Gasteiger partial charge in [-0.05, 0) is 30.2 Å². The van der Waals surface area contributed by atoms with Gasteiger partial charge in [-0.15, -0.1) is 0 Å². The molecule has 6 heteroatoms. The number of hydrogen-bond donors (Lipinski definition) is 2. The second-order valence-electron chi connectivity index (χ2n) is 5.29. The monoisotopic (exact) mass is 325 g/mol. The lowest BCUT2D eigenvalue weighted by atomic mass is 10.1. The van der Waals surface area contributed by atoms with E-state index in [-0.39, 0.29) is 6.61 Å². The molecule has 0 saturated heterocycles. The van der Waals surface area contributed by atoms with Gasteiger partial charge in [0.2, 0.25) is 0 Å². The molecule has 0 bridgehead atoms. The fraction of sp³-hybridized carbons (Fsp3) is 0.222. The van der Waals surface area contributed by atoms with Crippen molar-refractivity contribution in [3.8, 4) is 11.5 Å². The van der Waals surface area contributed by atoms with Crippen LogP contribution >= 0.6 is 0 Å². The van der Waals surface area contributed by atoms with Gasteiger partial charge in [-0.25, -0.2) is 9.97 Å². The zero-order valence-corrected chi connectivity index (χ0v) is 13.6. The van der Waals surface area contributed by atoms with Gasteiger partial charge < -0.3 is 19.9 Å². The van der Waals surface area contributed by atoms with Crippen LogP contribution in [0.5, 0.6) is 11.5 Å².